The van der Waals surface area contributed by atoms with Crippen LogP contribution in [0.3, 0.4) is 0 Å². The maximum absolute atomic E-state index is 8.83. The van der Waals surface area contributed by atoms with E-state index in [4.69, 9.17) is 37.0 Å². The molecule has 1 aliphatic heterocycles. The van der Waals surface area contributed by atoms with Crippen molar-refractivity contribution in [3.63, 3.8) is 0 Å². The first-order valence-corrected chi connectivity index (χ1v) is 10.4. The van der Waals surface area contributed by atoms with Crippen LogP contribution in [-0.4, -0.2) is 53.9 Å². The summed E-state index contributed by atoms with van der Waals surface area (Å²) in [5.41, 5.74) is 7.57. The molecule has 1 atom stereocenters. The second-order valence-corrected chi connectivity index (χ2v) is 7.95. The molecule has 1 saturated heterocycles. The van der Waals surface area contributed by atoms with Gasteiger partial charge in [0, 0.05) is 11.1 Å². The molecule has 0 spiro atoms. The summed E-state index contributed by atoms with van der Waals surface area (Å²) in [4.78, 5) is 18.8. The van der Waals surface area contributed by atoms with Crippen molar-refractivity contribution in [1.82, 2.24) is 4.90 Å². The van der Waals surface area contributed by atoms with Gasteiger partial charge in [0.05, 0.1) is 0 Å². The minimum Gasteiger partial charge on any atom is -0.427 e. The van der Waals surface area contributed by atoms with Crippen LogP contribution in [0.1, 0.15) is 44.1 Å². The molecule has 0 bridgehead atoms. The molecule has 1 unspecified atom stereocenters. The Morgan fingerprint density at radius 1 is 1.14 bits per heavy atom. The monoisotopic (exact) mass is 410 g/mol. The average molecular weight is 411 g/mol. The van der Waals surface area contributed by atoms with Gasteiger partial charge >= 0.3 is 13.3 Å². The van der Waals surface area contributed by atoms with E-state index in [-0.39, 0.29) is 12.2 Å². The second kappa shape index (κ2) is 14.7. The molecule has 8 heteroatoms. The summed E-state index contributed by atoms with van der Waals surface area (Å²) in [6.07, 6.45) is 8.18. The van der Waals surface area contributed by atoms with E-state index in [9.17, 15) is 0 Å². The predicted octanol–water partition coefficient (Wildman–Crippen LogP) is 2.37. The molecule has 2 rings (SSSR count). The Kier molecular flexibility index (Phi) is 13.1. The lowest BCUT2D eigenvalue weighted by Crippen LogP contribution is -2.37. The second-order valence-electron chi connectivity index (χ2n) is 7.51. The molecule has 0 aliphatic carbocycles. The van der Waals surface area contributed by atoms with Crippen molar-refractivity contribution < 1.29 is 19.6 Å². The first kappa shape index (κ1) is 24.8. The van der Waals surface area contributed by atoms with Gasteiger partial charge in [-0.3, -0.25) is 0 Å². The normalized spacial score (nSPS) is 16.0. The standard InChI is InChI=1S/C19H32BClN2O2.CO2/c21-18-6-4-16(5-7-18)15-17-8-12-23(13-9-17)14-10-19(22)3-1-2-11-20(24)25;2-1-3/h4-7,17,19,24-25H,1-3,8-15,22H2;. The van der Waals surface area contributed by atoms with Gasteiger partial charge in [0.1, 0.15) is 0 Å². The van der Waals surface area contributed by atoms with Crippen LogP contribution in [0.5, 0.6) is 0 Å². The van der Waals surface area contributed by atoms with Crippen LogP contribution in [0.15, 0.2) is 24.3 Å². The molecule has 1 aromatic carbocycles. The highest BCUT2D eigenvalue weighted by molar-refractivity contribution is 6.40. The van der Waals surface area contributed by atoms with Crippen molar-refractivity contribution in [2.75, 3.05) is 19.6 Å². The summed E-state index contributed by atoms with van der Waals surface area (Å²) >= 11 is 5.95. The van der Waals surface area contributed by atoms with Crippen molar-refractivity contribution >= 4 is 24.9 Å². The first-order valence-electron chi connectivity index (χ1n) is 10.0. The molecular weight excluding hydrogens is 378 g/mol. The maximum atomic E-state index is 8.83. The van der Waals surface area contributed by atoms with E-state index in [1.165, 1.54) is 31.5 Å². The van der Waals surface area contributed by atoms with Crippen LogP contribution in [-0.2, 0) is 16.0 Å². The van der Waals surface area contributed by atoms with E-state index in [1.807, 2.05) is 12.1 Å². The Bertz CT molecular complexity index is 560. The number of unbranched alkanes of at least 4 members (excludes halogenated alkanes) is 1. The van der Waals surface area contributed by atoms with E-state index in [0.717, 1.165) is 49.6 Å². The number of nitrogens with two attached hydrogens (primary N) is 1. The van der Waals surface area contributed by atoms with Gasteiger partial charge in [-0.05, 0) is 81.7 Å². The fraction of sp³-hybridized carbons (Fsp3) is 0.650. The van der Waals surface area contributed by atoms with Gasteiger partial charge in [0.15, 0.2) is 0 Å². The third-order valence-electron chi connectivity index (χ3n) is 5.25. The summed E-state index contributed by atoms with van der Waals surface area (Å²) in [5.74, 6) is 0.774. The van der Waals surface area contributed by atoms with Crippen LogP contribution in [0, 0.1) is 5.92 Å². The lowest BCUT2D eigenvalue weighted by molar-refractivity contribution is -0.191. The van der Waals surface area contributed by atoms with Crippen LogP contribution < -0.4 is 5.73 Å². The lowest BCUT2D eigenvalue weighted by atomic mass is 9.83. The Morgan fingerprint density at radius 2 is 1.75 bits per heavy atom. The Balaban J connectivity index is 0.00000122. The number of carbonyl (C=O) groups excluding carboxylic acids is 2. The first-order chi connectivity index (χ1) is 13.4. The Labute approximate surface area is 173 Å². The zero-order valence-electron chi connectivity index (χ0n) is 16.4. The van der Waals surface area contributed by atoms with Gasteiger partial charge in [-0.25, -0.2) is 0 Å². The van der Waals surface area contributed by atoms with Gasteiger partial charge in [0.25, 0.3) is 0 Å². The van der Waals surface area contributed by atoms with Crippen LogP contribution in [0.4, 0.5) is 0 Å². The molecule has 0 radical (unpaired) electrons. The predicted molar refractivity (Wildman–Crippen MR) is 111 cm³/mol. The number of hydrogen-bond acceptors (Lipinski definition) is 6. The summed E-state index contributed by atoms with van der Waals surface area (Å²) in [6, 6.07) is 8.47. The number of hydrogen-bond donors (Lipinski definition) is 3. The highest BCUT2D eigenvalue weighted by Gasteiger charge is 2.19. The van der Waals surface area contributed by atoms with E-state index in [2.05, 4.69) is 17.0 Å². The summed E-state index contributed by atoms with van der Waals surface area (Å²) in [5, 5.41) is 18.5. The minimum absolute atomic E-state index is 0.225. The molecule has 0 amide bonds. The van der Waals surface area contributed by atoms with Crippen LogP contribution in [0.25, 0.3) is 0 Å². The van der Waals surface area contributed by atoms with Crippen LogP contribution in [0.2, 0.25) is 11.3 Å². The van der Waals surface area contributed by atoms with E-state index < -0.39 is 7.12 Å². The van der Waals surface area contributed by atoms with Crippen molar-refractivity contribution in [1.29, 1.82) is 0 Å². The summed E-state index contributed by atoms with van der Waals surface area (Å²) < 4.78 is 0. The number of rotatable bonds is 10. The van der Waals surface area contributed by atoms with E-state index in [1.54, 1.807) is 0 Å². The average Bonchev–Trinajstić information content (AvgIpc) is 2.67. The Morgan fingerprint density at radius 3 is 2.32 bits per heavy atom. The molecule has 1 heterocycles. The highest BCUT2D eigenvalue weighted by Crippen LogP contribution is 2.23. The van der Waals surface area contributed by atoms with Crippen molar-refractivity contribution in [3.05, 3.63) is 34.9 Å². The molecule has 1 aliphatic rings. The third-order valence-corrected chi connectivity index (χ3v) is 5.50. The SMILES string of the molecule is NC(CCCCB(O)O)CCN1CCC(Cc2ccc(Cl)cc2)CC1.O=C=O. The topological polar surface area (TPSA) is 104 Å². The number of halogens is 1. The maximum Gasteiger partial charge on any atom is 0.451 e. The summed E-state index contributed by atoms with van der Waals surface area (Å²) in [7, 11) is -1.18. The highest BCUT2D eigenvalue weighted by atomic mass is 35.5. The van der Waals surface area contributed by atoms with Crippen LogP contribution >= 0.6 is 11.6 Å². The minimum atomic E-state index is -1.18. The number of benzene rings is 1. The molecule has 0 saturated carbocycles. The molecular formula is C20H32BClN2O4. The van der Waals surface area contributed by atoms with Gasteiger partial charge in [-0.15, -0.1) is 0 Å². The third kappa shape index (κ3) is 11.6. The quantitative estimate of drug-likeness (QED) is 0.404. The zero-order chi connectivity index (χ0) is 20.8. The van der Waals surface area contributed by atoms with Gasteiger partial charge in [-0.1, -0.05) is 36.6 Å². The van der Waals surface area contributed by atoms with Crippen molar-refractivity contribution in [3.8, 4) is 0 Å². The lowest BCUT2D eigenvalue weighted by Gasteiger charge is -2.32. The van der Waals surface area contributed by atoms with E-state index >= 15 is 0 Å². The van der Waals surface area contributed by atoms with Crippen molar-refractivity contribution in [2.24, 2.45) is 11.7 Å². The molecule has 6 nitrogen and oxygen atoms in total. The van der Waals surface area contributed by atoms with Gasteiger partial charge in [0.2, 0.25) is 0 Å². The summed E-state index contributed by atoms with van der Waals surface area (Å²) in [6.45, 7) is 3.42. The van der Waals surface area contributed by atoms with Crippen molar-refractivity contribution in [2.45, 2.75) is 57.3 Å². The fourth-order valence-electron chi connectivity index (χ4n) is 3.59. The van der Waals surface area contributed by atoms with Gasteiger partial charge < -0.3 is 20.7 Å². The van der Waals surface area contributed by atoms with Gasteiger partial charge in [-0.2, -0.15) is 9.59 Å². The number of likely N-dealkylation sites (tertiary alicyclic amines) is 1. The fourth-order valence-corrected chi connectivity index (χ4v) is 3.72. The number of nitrogens with zero attached hydrogens (tertiary/aromatic N) is 1. The molecule has 28 heavy (non-hydrogen) atoms. The molecule has 156 valence electrons. The largest absolute Gasteiger partial charge is 0.451 e. The molecule has 1 fully saturated rings. The zero-order valence-corrected chi connectivity index (χ0v) is 17.2. The molecule has 4 N–H and O–H groups in total. The smallest absolute Gasteiger partial charge is 0.427 e. The number of piperidine rings is 1. The Hall–Kier alpha value is -1.21. The van der Waals surface area contributed by atoms with E-state index in [0.29, 0.717) is 6.32 Å². The molecule has 1 aromatic rings. The molecule has 0 aromatic heterocycles.